The number of hydrogen-bond acceptors (Lipinski definition) is 1. The Kier molecular flexibility index (Phi) is 4.58. The normalized spacial score (nSPS) is 10.4. The Bertz CT molecular complexity index is 778. The van der Waals surface area contributed by atoms with Crippen LogP contribution >= 0.6 is 17.0 Å². The van der Waals surface area contributed by atoms with Crippen LogP contribution in [0.2, 0.25) is 0 Å². The maximum absolute atomic E-state index is 12.0. The number of para-hydroxylation sites is 2. The summed E-state index contributed by atoms with van der Waals surface area (Å²) >= 11 is 0. The number of aromatic nitrogens is 2. The van der Waals surface area contributed by atoms with Crippen molar-refractivity contribution in [1.82, 2.24) is 4.57 Å². The van der Waals surface area contributed by atoms with Crippen molar-refractivity contribution in [1.29, 1.82) is 0 Å². The number of aryl methyl sites for hydroxylation is 1. The van der Waals surface area contributed by atoms with Gasteiger partial charge in [-0.15, -0.1) is 17.0 Å². The summed E-state index contributed by atoms with van der Waals surface area (Å²) < 4.78 is 3.91. The molecule has 0 spiro atoms. The van der Waals surface area contributed by atoms with E-state index >= 15 is 0 Å². The first kappa shape index (κ1) is 15.4. The topological polar surface area (TPSA) is 25.9 Å². The Morgan fingerprint density at radius 1 is 1.05 bits per heavy atom. The maximum Gasteiger partial charge on any atom is 0.311 e. The van der Waals surface area contributed by atoms with Gasteiger partial charge in [-0.1, -0.05) is 42.5 Å². The van der Waals surface area contributed by atoms with E-state index in [2.05, 4.69) is 16.7 Å². The van der Waals surface area contributed by atoms with Gasteiger partial charge in [-0.05, 0) is 17.7 Å². The summed E-state index contributed by atoms with van der Waals surface area (Å²) in [5, 5.41) is 0. The molecule has 0 atom stereocenters. The second kappa shape index (κ2) is 6.22. The number of imidazole rings is 1. The number of fused-ring (bicyclic) bond motifs is 1. The Hall–Kier alpha value is -1.94. The number of hydrogen-bond donors (Lipinski definition) is 0. The van der Waals surface area contributed by atoms with E-state index in [9.17, 15) is 4.79 Å². The average Bonchev–Trinajstić information content (AvgIpc) is 2.74. The van der Waals surface area contributed by atoms with Gasteiger partial charge in [0, 0.05) is 6.92 Å². The lowest BCUT2D eigenvalue weighted by Gasteiger charge is -2.00. The third-order valence-electron chi connectivity index (χ3n) is 3.65. The van der Waals surface area contributed by atoms with Gasteiger partial charge in [0.2, 0.25) is 0 Å². The van der Waals surface area contributed by atoms with Gasteiger partial charge in [0.05, 0.1) is 13.5 Å². The van der Waals surface area contributed by atoms with Crippen LogP contribution in [0.1, 0.15) is 23.1 Å². The molecule has 2 aromatic carbocycles. The number of benzene rings is 2. The molecule has 0 amide bonds. The zero-order chi connectivity index (χ0) is 14.1. The van der Waals surface area contributed by atoms with Crippen LogP contribution in [0.4, 0.5) is 0 Å². The molecule has 0 N–H and O–H groups in total. The van der Waals surface area contributed by atoms with Gasteiger partial charge in [-0.25, -0.2) is 9.36 Å². The lowest BCUT2D eigenvalue weighted by molar-refractivity contribution is -0.653. The van der Waals surface area contributed by atoms with Crippen LogP contribution in [-0.2, 0) is 13.5 Å². The molecule has 1 heterocycles. The minimum Gasteiger partial charge on any atom is -0.247 e. The summed E-state index contributed by atoms with van der Waals surface area (Å²) in [6.45, 7) is 1.61. The average molecular weight is 346 g/mol. The quantitative estimate of drug-likeness (QED) is 0.654. The van der Waals surface area contributed by atoms with Crippen molar-refractivity contribution in [3.05, 3.63) is 66.0 Å². The highest BCUT2D eigenvalue weighted by atomic mass is 79.9. The molecule has 0 fully saturated rings. The summed E-state index contributed by atoms with van der Waals surface area (Å²) in [5.41, 5.74) is 3.25. The van der Waals surface area contributed by atoms with Crippen LogP contribution in [0, 0.1) is 0 Å². The van der Waals surface area contributed by atoms with E-state index in [1.165, 1.54) is 5.56 Å². The second-order valence-electron chi connectivity index (χ2n) is 4.98. The number of nitrogens with zero attached hydrogens (tertiary/aromatic N) is 2. The fourth-order valence-electron chi connectivity index (χ4n) is 2.69. The van der Waals surface area contributed by atoms with Gasteiger partial charge in [-0.2, -0.15) is 4.57 Å². The molecule has 3 nitrogen and oxygen atoms in total. The summed E-state index contributed by atoms with van der Waals surface area (Å²) in [5.74, 6) is 1.05. The monoisotopic (exact) mass is 345 g/mol. The zero-order valence-corrected chi connectivity index (χ0v) is 13.8. The van der Waals surface area contributed by atoms with Gasteiger partial charge in [0.1, 0.15) is 0 Å². The minimum atomic E-state index is 0. The van der Waals surface area contributed by atoms with Crippen LogP contribution in [0.5, 0.6) is 0 Å². The first-order valence-corrected chi connectivity index (χ1v) is 6.71. The molecule has 3 aromatic rings. The van der Waals surface area contributed by atoms with Crippen molar-refractivity contribution in [2.24, 2.45) is 7.05 Å². The summed E-state index contributed by atoms with van der Waals surface area (Å²) in [6, 6.07) is 18.2. The largest absolute Gasteiger partial charge is 0.311 e. The Balaban J connectivity index is 0.00000161. The third-order valence-corrected chi connectivity index (χ3v) is 3.65. The smallest absolute Gasteiger partial charge is 0.247 e. The summed E-state index contributed by atoms with van der Waals surface area (Å²) in [7, 11) is 2.01. The van der Waals surface area contributed by atoms with E-state index < -0.39 is 0 Å². The lowest BCUT2D eigenvalue weighted by atomic mass is 10.1. The van der Waals surface area contributed by atoms with E-state index in [-0.39, 0.29) is 22.9 Å². The van der Waals surface area contributed by atoms with Crippen LogP contribution in [0.15, 0.2) is 54.6 Å². The molecule has 0 saturated heterocycles. The van der Waals surface area contributed by atoms with Gasteiger partial charge in [-0.3, -0.25) is 0 Å². The van der Waals surface area contributed by atoms with E-state index in [0.29, 0.717) is 0 Å². The summed E-state index contributed by atoms with van der Waals surface area (Å²) in [4.78, 5) is 12.0. The number of carbonyl (C=O) groups is 1. The molecule has 0 aliphatic rings. The maximum atomic E-state index is 12.0. The molecule has 4 heteroatoms. The fourth-order valence-corrected chi connectivity index (χ4v) is 2.69. The molecule has 1 aromatic heterocycles. The van der Waals surface area contributed by atoms with Crippen molar-refractivity contribution < 1.29 is 9.36 Å². The standard InChI is InChI=1S/C17H17N2O.BrH/c1-13(20)19-16-11-7-6-10-15(16)18(2)17(19)12-14-8-4-3-5-9-14;/h3-11H,12H2,1-2H3;1H/q+1;. The first-order chi connectivity index (χ1) is 9.68. The van der Waals surface area contributed by atoms with Crippen molar-refractivity contribution in [2.75, 3.05) is 0 Å². The highest BCUT2D eigenvalue weighted by Gasteiger charge is 2.25. The van der Waals surface area contributed by atoms with Crippen molar-refractivity contribution >= 4 is 33.9 Å². The molecule has 0 aliphatic heterocycles. The number of carbonyl (C=O) groups excluding carboxylic acids is 1. The highest BCUT2D eigenvalue weighted by Crippen LogP contribution is 2.16. The van der Waals surface area contributed by atoms with Crippen molar-refractivity contribution in [2.45, 2.75) is 13.3 Å². The van der Waals surface area contributed by atoms with Gasteiger partial charge < -0.3 is 0 Å². The zero-order valence-electron chi connectivity index (χ0n) is 12.1. The van der Waals surface area contributed by atoms with Crippen molar-refractivity contribution in [3.63, 3.8) is 0 Å². The van der Waals surface area contributed by atoms with E-state index in [4.69, 9.17) is 0 Å². The van der Waals surface area contributed by atoms with E-state index in [0.717, 1.165) is 23.3 Å². The third kappa shape index (κ3) is 2.76. The van der Waals surface area contributed by atoms with Crippen LogP contribution < -0.4 is 4.57 Å². The molecule has 108 valence electrons. The van der Waals surface area contributed by atoms with Crippen LogP contribution in [0.3, 0.4) is 0 Å². The number of rotatable bonds is 2. The molecule has 0 aliphatic carbocycles. The van der Waals surface area contributed by atoms with E-state index in [1.54, 1.807) is 6.92 Å². The highest BCUT2D eigenvalue weighted by molar-refractivity contribution is 8.93. The minimum absolute atomic E-state index is 0. The van der Waals surface area contributed by atoms with Crippen LogP contribution in [-0.4, -0.2) is 10.5 Å². The van der Waals surface area contributed by atoms with Crippen LogP contribution in [0.25, 0.3) is 11.0 Å². The van der Waals surface area contributed by atoms with Gasteiger partial charge >= 0.3 is 5.91 Å². The molecule has 0 bridgehead atoms. The molecular weight excluding hydrogens is 328 g/mol. The molecule has 0 radical (unpaired) electrons. The van der Waals surface area contributed by atoms with Gasteiger partial charge in [0.25, 0.3) is 5.82 Å². The molecule has 21 heavy (non-hydrogen) atoms. The molecule has 3 rings (SSSR count). The Morgan fingerprint density at radius 2 is 1.67 bits per heavy atom. The van der Waals surface area contributed by atoms with E-state index in [1.807, 2.05) is 54.1 Å². The summed E-state index contributed by atoms with van der Waals surface area (Å²) in [6.07, 6.45) is 0.742. The first-order valence-electron chi connectivity index (χ1n) is 6.71. The predicted octanol–water partition coefficient (Wildman–Crippen LogP) is 3.29. The number of halogens is 1. The Labute approximate surface area is 134 Å². The predicted molar refractivity (Wildman–Crippen MR) is 89.0 cm³/mol. The molecule has 0 unspecified atom stereocenters. The Morgan fingerprint density at radius 3 is 2.33 bits per heavy atom. The molecular formula is C17H18BrN2O+. The van der Waals surface area contributed by atoms with Crippen molar-refractivity contribution in [3.8, 4) is 0 Å². The van der Waals surface area contributed by atoms with Gasteiger partial charge in [0.15, 0.2) is 11.0 Å². The molecule has 0 saturated carbocycles. The second-order valence-corrected chi connectivity index (χ2v) is 4.98. The SMILES string of the molecule is Br.CC(=O)n1c(Cc2ccccc2)[n+](C)c2ccccc21. The fraction of sp³-hybridized carbons (Fsp3) is 0.176. The lowest BCUT2D eigenvalue weighted by Crippen LogP contribution is -2.34.